The lowest BCUT2D eigenvalue weighted by Gasteiger charge is -2.30. The first-order valence-corrected chi connectivity index (χ1v) is 5.85. The van der Waals surface area contributed by atoms with E-state index in [0.29, 0.717) is 6.23 Å². The predicted octanol–water partition coefficient (Wildman–Crippen LogP) is -0.383. The van der Waals surface area contributed by atoms with E-state index in [9.17, 15) is 9.59 Å². The Labute approximate surface area is 86.4 Å². The van der Waals surface area contributed by atoms with Crippen molar-refractivity contribution in [2.45, 2.75) is 13.8 Å². The van der Waals surface area contributed by atoms with Crippen LogP contribution in [-0.4, -0.2) is 57.5 Å². The van der Waals surface area contributed by atoms with Crippen LogP contribution in [-0.2, 0) is 14.3 Å². The summed E-state index contributed by atoms with van der Waals surface area (Å²) >= 11 is 0. The van der Waals surface area contributed by atoms with Gasteiger partial charge >= 0.3 is 9.12 Å². The molecule has 0 aliphatic rings. The van der Waals surface area contributed by atoms with Crippen molar-refractivity contribution < 1.29 is 14.3 Å². The lowest BCUT2D eigenvalue weighted by molar-refractivity contribution is -0.125. The molecule has 6 heteroatoms. The van der Waals surface area contributed by atoms with Gasteiger partial charge in [0.15, 0.2) is 0 Å². The molecule has 81 valence electrons. The van der Waals surface area contributed by atoms with E-state index in [-0.39, 0.29) is 11.8 Å². The Balaban J connectivity index is 4.57. The number of nitrogens with zero attached hydrogens (tertiary/aromatic N) is 2. The zero-order valence-electron chi connectivity index (χ0n) is 9.33. The Bertz CT molecular complexity index is 203. The topological polar surface area (TPSA) is 49.9 Å². The molecule has 0 heterocycles. The monoisotopic (exact) mass is 217 g/mol. The van der Waals surface area contributed by atoms with Gasteiger partial charge in [-0.15, -0.1) is 0 Å². The van der Waals surface area contributed by atoms with E-state index in [4.69, 9.17) is 4.74 Å². The number of ether oxygens (including phenoxy) is 1. The van der Waals surface area contributed by atoms with Crippen LogP contribution in [0.1, 0.15) is 13.8 Å². The number of methoxy groups -OCH3 is 1. The SMILES string of the molecule is COC[Si](N(C)C(C)=O)N(C)C(C)=O. The standard InChI is InChI=1S/C8H17N2O3Si/c1-7(11)9(3)14(6-13-5)10(4)8(2)12/h6H2,1-5H3. The summed E-state index contributed by atoms with van der Waals surface area (Å²) in [5.74, 6) is -0.104. The molecular formula is C8H17N2O3Si. The van der Waals surface area contributed by atoms with Crippen LogP contribution in [0.2, 0.25) is 0 Å². The van der Waals surface area contributed by atoms with Gasteiger partial charge in [-0.3, -0.25) is 9.59 Å². The molecule has 0 fully saturated rings. The van der Waals surface area contributed by atoms with E-state index in [1.54, 1.807) is 30.3 Å². The van der Waals surface area contributed by atoms with Gasteiger partial charge in [0.05, 0.1) is 6.23 Å². The molecule has 0 aromatic carbocycles. The van der Waals surface area contributed by atoms with Crippen molar-refractivity contribution in [1.82, 2.24) is 9.13 Å². The molecule has 0 rings (SSSR count). The number of carbonyl (C=O) groups is 2. The average Bonchev–Trinajstić information content (AvgIpc) is 2.11. The summed E-state index contributed by atoms with van der Waals surface area (Å²) < 4.78 is 8.16. The van der Waals surface area contributed by atoms with Crippen LogP contribution < -0.4 is 0 Å². The van der Waals surface area contributed by atoms with E-state index in [0.717, 1.165) is 0 Å². The minimum atomic E-state index is -1.40. The normalized spacial score (nSPS) is 10.1. The molecule has 0 N–H and O–H groups in total. The Morgan fingerprint density at radius 1 is 1.14 bits per heavy atom. The Hall–Kier alpha value is -0.883. The van der Waals surface area contributed by atoms with Crippen LogP contribution in [0.3, 0.4) is 0 Å². The van der Waals surface area contributed by atoms with Crippen molar-refractivity contribution in [2.75, 3.05) is 27.4 Å². The third-order valence-electron chi connectivity index (χ3n) is 1.99. The molecular weight excluding hydrogens is 200 g/mol. The van der Waals surface area contributed by atoms with Gasteiger partial charge in [-0.2, -0.15) is 0 Å². The van der Waals surface area contributed by atoms with Gasteiger partial charge in [0.1, 0.15) is 0 Å². The van der Waals surface area contributed by atoms with Gasteiger partial charge < -0.3 is 13.9 Å². The van der Waals surface area contributed by atoms with Crippen molar-refractivity contribution in [3.63, 3.8) is 0 Å². The molecule has 0 aliphatic carbocycles. The van der Waals surface area contributed by atoms with E-state index in [1.807, 2.05) is 0 Å². The zero-order valence-corrected chi connectivity index (χ0v) is 10.3. The number of hydrogen-bond acceptors (Lipinski definition) is 3. The van der Waals surface area contributed by atoms with E-state index < -0.39 is 9.12 Å². The second-order valence-corrected chi connectivity index (χ2v) is 5.47. The predicted molar refractivity (Wildman–Crippen MR) is 54.5 cm³/mol. The van der Waals surface area contributed by atoms with Gasteiger partial charge in [0.2, 0.25) is 11.8 Å². The number of amides is 2. The van der Waals surface area contributed by atoms with E-state index in [1.165, 1.54) is 13.8 Å². The van der Waals surface area contributed by atoms with Crippen LogP contribution in [0.5, 0.6) is 0 Å². The van der Waals surface area contributed by atoms with Crippen LogP contribution in [0, 0.1) is 0 Å². The maximum atomic E-state index is 11.1. The number of rotatable bonds is 4. The summed E-state index contributed by atoms with van der Waals surface area (Å²) in [6.07, 6.45) is 0.414. The molecule has 1 radical (unpaired) electrons. The van der Waals surface area contributed by atoms with Gasteiger partial charge in [-0.1, -0.05) is 0 Å². The Kier molecular flexibility index (Phi) is 5.40. The maximum absolute atomic E-state index is 11.1. The third kappa shape index (κ3) is 3.47. The molecule has 0 spiro atoms. The van der Waals surface area contributed by atoms with E-state index in [2.05, 4.69) is 0 Å². The van der Waals surface area contributed by atoms with Gasteiger partial charge in [0.25, 0.3) is 0 Å². The first kappa shape index (κ1) is 13.1. The highest BCUT2D eigenvalue weighted by atomic mass is 28.3. The van der Waals surface area contributed by atoms with Crippen LogP contribution in [0.25, 0.3) is 0 Å². The summed E-state index contributed by atoms with van der Waals surface area (Å²) in [6, 6.07) is 0. The second kappa shape index (κ2) is 5.76. The fourth-order valence-electron chi connectivity index (χ4n) is 0.911. The molecule has 14 heavy (non-hydrogen) atoms. The van der Waals surface area contributed by atoms with Gasteiger partial charge in [0, 0.05) is 35.1 Å². The average molecular weight is 217 g/mol. The van der Waals surface area contributed by atoms with Crippen LogP contribution >= 0.6 is 0 Å². The highest BCUT2D eigenvalue weighted by Crippen LogP contribution is 1.99. The second-order valence-electron chi connectivity index (χ2n) is 3.01. The molecule has 0 bridgehead atoms. The molecule has 0 aromatic rings. The lowest BCUT2D eigenvalue weighted by Crippen LogP contribution is -2.55. The first-order valence-electron chi connectivity index (χ1n) is 4.25. The van der Waals surface area contributed by atoms with Crippen molar-refractivity contribution in [3.8, 4) is 0 Å². The third-order valence-corrected chi connectivity index (χ3v) is 4.72. The van der Waals surface area contributed by atoms with Gasteiger partial charge in [-0.05, 0) is 0 Å². The quantitative estimate of drug-likeness (QED) is 0.603. The highest BCUT2D eigenvalue weighted by Gasteiger charge is 2.27. The lowest BCUT2D eigenvalue weighted by atomic mass is 10.7. The molecule has 0 saturated carbocycles. The molecule has 0 unspecified atom stereocenters. The summed E-state index contributed by atoms with van der Waals surface area (Å²) in [6.45, 7) is 2.96. The largest absolute Gasteiger partial charge is 0.384 e. The number of carbonyl (C=O) groups excluding carboxylic acids is 2. The first-order chi connectivity index (χ1) is 6.41. The van der Waals surface area contributed by atoms with Crippen molar-refractivity contribution in [2.24, 2.45) is 0 Å². The van der Waals surface area contributed by atoms with Crippen molar-refractivity contribution in [1.29, 1.82) is 0 Å². The van der Waals surface area contributed by atoms with Crippen molar-refractivity contribution >= 4 is 20.9 Å². The van der Waals surface area contributed by atoms with Gasteiger partial charge in [-0.25, -0.2) is 0 Å². The van der Waals surface area contributed by atoms with E-state index >= 15 is 0 Å². The fourth-order valence-corrected chi connectivity index (χ4v) is 2.73. The Morgan fingerprint density at radius 2 is 1.50 bits per heavy atom. The molecule has 0 saturated heterocycles. The molecule has 0 atom stereocenters. The molecule has 0 aliphatic heterocycles. The minimum absolute atomic E-state index is 0.0518. The van der Waals surface area contributed by atoms with Crippen LogP contribution in [0.4, 0.5) is 0 Å². The zero-order chi connectivity index (χ0) is 11.3. The molecule has 0 aromatic heterocycles. The highest BCUT2D eigenvalue weighted by molar-refractivity contribution is 6.58. The molecule has 2 amide bonds. The summed E-state index contributed by atoms with van der Waals surface area (Å²) in [7, 11) is 3.54. The smallest absolute Gasteiger partial charge is 0.330 e. The summed E-state index contributed by atoms with van der Waals surface area (Å²) in [4.78, 5) is 22.3. The van der Waals surface area contributed by atoms with Crippen molar-refractivity contribution in [3.05, 3.63) is 0 Å². The minimum Gasteiger partial charge on any atom is -0.384 e. The van der Waals surface area contributed by atoms with Crippen LogP contribution in [0.15, 0.2) is 0 Å². The number of hydrogen-bond donors (Lipinski definition) is 0. The molecule has 5 nitrogen and oxygen atoms in total. The maximum Gasteiger partial charge on any atom is 0.330 e. The summed E-state index contributed by atoms with van der Waals surface area (Å²) in [5, 5.41) is 0. The summed E-state index contributed by atoms with van der Waals surface area (Å²) in [5.41, 5.74) is 0. The Morgan fingerprint density at radius 3 is 1.71 bits per heavy atom. The fraction of sp³-hybridized carbons (Fsp3) is 0.750.